The van der Waals surface area contributed by atoms with E-state index in [1.54, 1.807) is 37.3 Å². The van der Waals surface area contributed by atoms with Crippen LogP contribution in [0, 0.1) is 12.7 Å². The Balaban J connectivity index is 1.94. The van der Waals surface area contributed by atoms with E-state index in [1.807, 2.05) is 0 Å². The van der Waals surface area contributed by atoms with Crippen molar-refractivity contribution in [1.82, 2.24) is 9.97 Å². The predicted octanol–water partition coefficient (Wildman–Crippen LogP) is 4.20. The molecule has 2 aromatic carbocycles. The number of aryl methyl sites for hydroxylation is 1. The molecule has 3 rings (SSSR count). The highest BCUT2D eigenvalue weighted by Crippen LogP contribution is 2.40. The van der Waals surface area contributed by atoms with Crippen molar-refractivity contribution >= 4 is 38.9 Å². The Morgan fingerprint density at radius 1 is 1.03 bits per heavy atom. The number of methoxy groups -OCH3 is 3. The lowest BCUT2D eigenvalue weighted by molar-refractivity contribution is 0.324. The Hall–Kier alpha value is -3.80. The molecule has 3 N–H and O–H groups in total. The predicted molar refractivity (Wildman–Crippen MR) is 129 cm³/mol. The quantitative estimate of drug-likeness (QED) is 0.383. The monoisotopic (exact) mass is 491 g/mol. The van der Waals surface area contributed by atoms with Crippen LogP contribution in [0.5, 0.6) is 17.2 Å². The van der Waals surface area contributed by atoms with E-state index in [1.165, 1.54) is 28.3 Å². The molecular weight excluding hydrogens is 465 g/mol. The molecule has 10 nitrogen and oxygen atoms in total. The molecule has 0 fully saturated rings. The van der Waals surface area contributed by atoms with Gasteiger partial charge in [-0.25, -0.2) is 17.8 Å². The number of aromatic nitrogens is 2. The molecule has 0 saturated heterocycles. The minimum absolute atomic E-state index is 0.0847. The largest absolute Gasteiger partial charge is 0.493 e. The number of hydrogen-bond acceptors (Lipinski definition) is 9. The molecule has 0 bridgehead atoms. The highest BCUT2D eigenvalue weighted by Gasteiger charge is 2.17. The summed E-state index contributed by atoms with van der Waals surface area (Å²) in [6.07, 6.45) is 1.00. The fourth-order valence-electron chi connectivity index (χ4n) is 3.06. The first kappa shape index (κ1) is 24.8. The molecular formula is C22H26FN5O5S. The second kappa shape index (κ2) is 10.4. The standard InChI is InChI=1S/C22H26FN5O5S/c1-6-34(29,30)28-19-13(2)8-7-9-16(19)26-21-15(23)12-24-22(27-21)25-14-10-17(31-3)20(33-5)18(11-14)32-4/h7-12,28H,6H2,1-5H3,(H2,24,25,26,27). The van der Waals surface area contributed by atoms with Crippen LogP contribution in [-0.4, -0.2) is 45.5 Å². The molecule has 0 aliphatic rings. The molecule has 0 atom stereocenters. The number of ether oxygens (including phenoxy) is 3. The van der Waals surface area contributed by atoms with Gasteiger partial charge in [0.05, 0.1) is 44.7 Å². The van der Waals surface area contributed by atoms with Crippen LogP contribution in [-0.2, 0) is 10.0 Å². The van der Waals surface area contributed by atoms with Crippen molar-refractivity contribution < 1.29 is 27.0 Å². The number of benzene rings is 2. The van der Waals surface area contributed by atoms with E-state index < -0.39 is 15.8 Å². The molecule has 1 heterocycles. The molecule has 0 aliphatic carbocycles. The number of anilines is 5. The van der Waals surface area contributed by atoms with Gasteiger partial charge in [0.15, 0.2) is 23.1 Å². The lowest BCUT2D eigenvalue weighted by Crippen LogP contribution is -2.16. The topological polar surface area (TPSA) is 124 Å². The third-order valence-corrected chi connectivity index (χ3v) is 6.10. The Bertz CT molecular complexity index is 1260. The average molecular weight is 492 g/mol. The minimum atomic E-state index is -3.55. The fourth-order valence-corrected chi connectivity index (χ4v) is 3.79. The third-order valence-electron chi connectivity index (χ3n) is 4.83. The maximum absolute atomic E-state index is 14.6. The molecule has 0 unspecified atom stereocenters. The van der Waals surface area contributed by atoms with Gasteiger partial charge < -0.3 is 24.8 Å². The third kappa shape index (κ3) is 5.57. The zero-order valence-electron chi connectivity index (χ0n) is 19.4. The molecule has 34 heavy (non-hydrogen) atoms. The van der Waals surface area contributed by atoms with Gasteiger partial charge in [0.1, 0.15) is 0 Å². The number of nitrogens with one attached hydrogen (secondary N) is 3. The summed E-state index contributed by atoms with van der Waals surface area (Å²) in [5, 5.41) is 5.83. The lowest BCUT2D eigenvalue weighted by Gasteiger charge is -2.17. The first-order valence-electron chi connectivity index (χ1n) is 10.2. The summed E-state index contributed by atoms with van der Waals surface area (Å²) in [5.74, 6) is 0.357. The summed E-state index contributed by atoms with van der Waals surface area (Å²) in [4.78, 5) is 8.19. The second-order valence-corrected chi connectivity index (χ2v) is 9.07. The lowest BCUT2D eigenvalue weighted by atomic mass is 10.2. The summed E-state index contributed by atoms with van der Waals surface area (Å²) < 4.78 is 57.3. The van der Waals surface area contributed by atoms with Crippen LogP contribution in [0.2, 0.25) is 0 Å². The Morgan fingerprint density at radius 3 is 2.29 bits per heavy atom. The number of hydrogen-bond donors (Lipinski definition) is 3. The maximum Gasteiger partial charge on any atom is 0.232 e. The maximum atomic E-state index is 14.6. The summed E-state index contributed by atoms with van der Waals surface area (Å²) in [6.45, 7) is 3.27. The van der Waals surface area contributed by atoms with Gasteiger partial charge in [-0.05, 0) is 25.5 Å². The van der Waals surface area contributed by atoms with Gasteiger partial charge in [-0.1, -0.05) is 12.1 Å². The van der Waals surface area contributed by atoms with E-state index in [4.69, 9.17) is 14.2 Å². The molecule has 0 amide bonds. The van der Waals surface area contributed by atoms with Gasteiger partial charge in [0.25, 0.3) is 0 Å². The van der Waals surface area contributed by atoms with Crippen LogP contribution in [0.4, 0.5) is 33.2 Å². The summed E-state index contributed by atoms with van der Waals surface area (Å²) >= 11 is 0. The van der Waals surface area contributed by atoms with Gasteiger partial charge in [-0.2, -0.15) is 4.98 Å². The van der Waals surface area contributed by atoms with Gasteiger partial charge in [-0.3, -0.25) is 4.72 Å². The Morgan fingerprint density at radius 2 is 1.71 bits per heavy atom. The molecule has 0 saturated carbocycles. The van der Waals surface area contributed by atoms with Gasteiger partial charge >= 0.3 is 0 Å². The van der Waals surface area contributed by atoms with E-state index in [0.717, 1.165) is 6.20 Å². The Kier molecular flexibility index (Phi) is 7.61. The fraction of sp³-hybridized carbons (Fsp3) is 0.273. The van der Waals surface area contributed by atoms with Crippen LogP contribution in [0.25, 0.3) is 0 Å². The number of sulfonamides is 1. The number of para-hydroxylation sites is 1. The molecule has 0 radical (unpaired) electrons. The van der Waals surface area contributed by atoms with Gasteiger partial charge in [0.2, 0.25) is 21.7 Å². The van der Waals surface area contributed by atoms with Crippen molar-refractivity contribution in [3.63, 3.8) is 0 Å². The minimum Gasteiger partial charge on any atom is -0.493 e. The SMILES string of the molecule is CCS(=O)(=O)Nc1c(C)cccc1Nc1nc(Nc2cc(OC)c(OC)c(OC)c2)ncc1F. The van der Waals surface area contributed by atoms with Crippen molar-refractivity contribution in [2.45, 2.75) is 13.8 Å². The smallest absolute Gasteiger partial charge is 0.232 e. The first-order chi connectivity index (χ1) is 16.2. The van der Waals surface area contributed by atoms with Crippen molar-refractivity contribution in [3.05, 3.63) is 47.9 Å². The molecule has 0 aliphatic heterocycles. The molecule has 3 aromatic rings. The van der Waals surface area contributed by atoms with Gasteiger partial charge in [0, 0.05) is 17.8 Å². The van der Waals surface area contributed by atoms with Crippen LogP contribution >= 0.6 is 0 Å². The van der Waals surface area contributed by atoms with Crippen molar-refractivity contribution in [3.8, 4) is 17.2 Å². The summed E-state index contributed by atoms with van der Waals surface area (Å²) in [7, 11) is 0.924. The van der Waals surface area contributed by atoms with E-state index in [2.05, 4.69) is 25.3 Å². The van der Waals surface area contributed by atoms with E-state index in [-0.39, 0.29) is 17.5 Å². The first-order valence-corrected chi connectivity index (χ1v) is 11.8. The Labute approximate surface area is 197 Å². The normalized spacial score (nSPS) is 11.0. The molecule has 0 spiro atoms. The van der Waals surface area contributed by atoms with Gasteiger partial charge in [-0.15, -0.1) is 0 Å². The molecule has 182 valence electrons. The van der Waals surface area contributed by atoms with Crippen LogP contribution in [0.1, 0.15) is 12.5 Å². The highest BCUT2D eigenvalue weighted by molar-refractivity contribution is 7.92. The number of rotatable bonds is 10. The average Bonchev–Trinajstić information content (AvgIpc) is 2.82. The van der Waals surface area contributed by atoms with Crippen LogP contribution < -0.4 is 29.6 Å². The molecule has 12 heteroatoms. The molecule has 1 aromatic heterocycles. The van der Waals surface area contributed by atoms with Crippen LogP contribution in [0.15, 0.2) is 36.5 Å². The van der Waals surface area contributed by atoms with Crippen molar-refractivity contribution in [1.29, 1.82) is 0 Å². The second-order valence-electron chi connectivity index (χ2n) is 7.06. The van der Waals surface area contributed by atoms with E-state index >= 15 is 0 Å². The van der Waals surface area contributed by atoms with Crippen molar-refractivity contribution in [2.24, 2.45) is 0 Å². The summed E-state index contributed by atoms with van der Waals surface area (Å²) in [6, 6.07) is 8.38. The number of nitrogens with zero attached hydrogens (tertiary/aromatic N) is 2. The zero-order valence-corrected chi connectivity index (χ0v) is 20.2. The van der Waals surface area contributed by atoms with E-state index in [9.17, 15) is 12.8 Å². The number of halogens is 1. The summed E-state index contributed by atoms with van der Waals surface area (Å²) in [5.41, 5.74) is 1.82. The van der Waals surface area contributed by atoms with Crippen LogP contribution in [0.3, 0.4) is 0 Å². The zero-order chi connectivity index (χ0) is 24.9. The highest BCUT2D eigenvalue weighted by atomic mass is 32.2. The van der Waals surface area contributed by atoms with Crippen molar-refractivity contribution in [2.75, 3.05) is 42.4 Å². The van der Waals surface area contributed by atoms with E-state index in [0.29, 0.717) is 39.9 Å².